The molecule has 0 fully saturated rings. The topological polar surface area (TPSA) is 89.0 Å². The van der Waals surface area contributed by atoms with Crippen LogP contribution < -0.4 is 5.32 Å². The molecule has 4 rings (SSSR count). The van der Waals surface area contributed by atoms with E-state index in [1.165, 1.54) is 0 Å². The van der Waals surface area contributed by atoms with Gasteiger partial charge in [0.15, 0.2) is 6.61 Å². The monoisotopic (exact) mass is 402 g/mol. The quantitative estimate of drug-likeness (QED) is 0.461. The van der Waals surface area contributed by atoms with Crippen molar-refractivity contribution in [3.63, 3.8) is 0 Å². The Balaban J connectivity index is 1.30. The first-order valence-corrected chi connectivity index (χ1v) is 9.73. The molecule has 0 atom stereocenters. The van der Waals surface area contributed by atoms with Crippen LogP contribution in [-0.2, 0) is 20.7 Å². The number of amides is 1. The number of carbonyl (C=O) groups is 2. The van der Waals surface area contributed by atoms with Gasteiger partial charge in [0, 0.05) is 29.6 Å². The molecule has 7 heteroatoms. The summed E-state index contributed by atoms with van der Waals surface area (Å²) in [5, 5.41) is 8.25. The van der Waals surface area contributed by atoms with Crippen molar-refractivity contribution in [2.75, 3.05) is 11.9 Å². The van der Waals surface area contributed by atoms with Crippen LogP contribution in [0.15, 0.2) is 66.9 Å². The molecule has 0 aliphatic carbocycles. The standard InChI is InChI=1S/C23H22N4O3/c1-16-13-21(27(26-16)18-7-3-2-4-8-18)25-22(28)15-30-23(29)12-11-17-14-24-20-10-6-5-9-19(17)20/h2-10,13-14,24H,11-12,15H2,1H3,(H,25,28). The van der Waals surface area contributed by atoms with Crippen molar-refractivity contribution >= 4 is 28.6 Å². The predicted molar refractivity (Wildman–Crippen MR) is 115 cm³/mol. The molecular formula is C23H22N4O3. The number of aryl methyl sites for hydroxylation is 2. The molecule has 152 valence electrons. The van der Waals surface area contributed by atoms with Crippen molar-refractivity contribution in [1.82, 2.24) is 14.8 Å². The molecule has 4 aromatic rings. The van der Waals surface area contributed by atoms with Crippen molar-refractivity contribution < 1.29 is 14.3 Å². The molecule has 0 bridgehead atoms. The maximum atomic E-state index is 12.3. The number of nitrogens with zero attached hydrogens (tertiary/aromatic N) is 2. The van der Waals surface area contributed by atoms with Gasteiger partial charge in [-0.3, -0.25) is 9.59 Å². The summed E-state index contributed by atoms with van der Waals surface area (Å²) in [6.45, 7) is 1.51. The molecule has 2 aromatic carbocycles. The number of para-hydroxylation sites is 2. The summed E-state index contributed by atoms with van der Waals surface area (Å²) in [7, 11) is 0. The number of hydrogen-bond acceptors (Lipinski definition) is 4. The maximum Gasteiger partial charge on any atom is 0.306 e. The maximum absolute atomic E-state index is 12.3. The van der Waals surface area contributed by atoms with Gasteiger partial charge in [-0.25, -0.2) is 4.68 Å². The summed E-state index contributed by atoms with van der Waals surface area (Å²) in [6.07, 6.45) is 2.65. The van der Waals surface area contributed by atoms with Crippen LogP contribution in [0.4, 0.5) is 5.82 Å². The van der Waals surface area contributed by atoms with E-state index in [1.54, 1.807) is 10.7 Å². The molecule has 0 spiro atoms. The molecule has 0 unspecified atom stereocenters. The van der Waals surface area contributed by atoms with Crippen LogP contribution in [0.3, 0.4) is 0 Å². The molecule has 30 heavy (non-hydrogen) atoms. The molecule has 0 saturated heterocycles. The van der Waals surface area contributed by atoms with E-state index in [9.17, 15) is 9.59 Å². The average Bonchev–Trinajstić information content (AvgIpc) is 3.34. The van der Waals surface area contributed by atoms with Gasteiger partial charge in [0.1, 0.15) is 5.82 Å². The zero-order valence-corrected chi connectivity index (χ0v) is 16.6. The minimum absolute atomic E-state index is 0.205. The molecule has 0 aliphatic rings. The SMILES string of the molecule is Cc1cc(NC(=O)COC(=O)CCc2c[nH]c3ccccc23)n(-c2ccccc2)n1. The highest BCUT2D eigenvalue weighted by molar-refractivity contribution is 5.92. The van der Waals surface area contributed by atoms with E-state index in [4.69, 9.17) is 4.74 Å². The normalized spacial score (nSPS) is 10.8. The lowest BCUT2D eigenvalue weighted by molar-refractivity contribution is -0.147. The third kappa shape index (κ3) is 4.41. The van der Waals surface area contributed by atoms with Gasteiger partial charge in [-0.05, 0) is 37.1 Å². The predicted octanol–water partition coefficient (Wildman–Crippen LogP) is 3.78. The van der Waals surface area contributed by atoms with Crippen molar-refractivity contribution in [3.05, 3.63) is 78.1 Å². The number of fused-ring (bicyclic) bond motifs is 1. The van der Waals surface area contributed by atoms with Crippen LogP contribution in [0.1, 0.15) is 17.7 Å². The fourth-order valence-electron chi connectivity index (χ4n) is 3.33. The van der Waals surface area contributed by atoms with Gasteiger partial charge in [0.25, 0.3) is 5.91 Å². The van der Waals surface area contributed by atoms with Crippen LogP contribution in [0.25, 0.3) is 16.6 Å². The summed E-state index contributed by atoms with van der Waals surface area (Å²) in [6, 6.07) is 19.2. The van der Waals surface area contributed by atoms with Gasteiger partial charge < -0.3 is 15.0 Å². The van der Waals surface area contributed by atoms with E-state index in [1.807, 2.05) is 67.7 Å². The van der Waals surface area contributed by atoms with Crippen molar-refractivity contribution in [2.45, 2.75) is 19.8 Å². The first-order valence-electron chi connectivity index (χ1n) is 9.73. The van der Waals surface area contributed by atoms with Gasteiger partial charge in [0.05, 0.1) is 11.4 Å². The number of ether oxygens (including phenoxy) is 1. The number of hydrogen-bond donors (Lipinski definition) is 2. The Bertz CT molecular complexity index is 1180. The van der Waals surface area contributed by atoms with Gasteiger partial charge in [-0.2, -0.15) is 5.10 Å². The second kappa shape index (κ2) is 8.65. The number of H-pyrrole nitrogens is 1. The van der Waals surface area contributed by atoms with Crippen molar-refractivity contribution in [2.24, 2.45) is 0 Å². The fraction of sp³-hybridized carbons (Fsp3) is 0.174. The number of benzene rings is 2. The lowest BCUT2D eigenvalue weighted by Gasteiger charge is -2.09. The Kier molecular flexibility index (Phi) is 5.61. The van der Waals surface area contributed by atoms with Gasteiger partial charge in [-0.1, -0.05) is 36.4 Å². The number of aromatic amines is 1. The Labute approximate surface area is 173 Å². The number of anilines is 1. The zero-order chi connectivity index (χ0) is 20.9. The second-order valence-electron chi connectivity index (χ2n) is 6.99. The number of rotatable bonds is 7. The smallest absolute Gasteiger partial charge is 0.306 e. The van der Waals surface area contributed by atoms with E-state index < -0.39 is 11.9 Å². The molecular weight excluding hydrogens is 380 g/mol. The average molecular weight is 402 g/mol. The summed E-state index contributed by atoms with van der Waals surface area (Å²) in [4.78, 5) is 27.6. The molecule has 1 amide bonds. The van der Waals surface area contributed by atoms with Crippen LogP contribution in [0, 0.1) is 6.92 Å². The molecule has 2 aromatic heterocycles. The van der Waals surface area contributed by atoms with E-state index in [0.717, 1.165) is 27.8 Å². The number of esters is 1. The van der Waals surface area contributed by atoms with Crippen LogP contribution in [0.5, 0.6) is 0 Å². The van der Waals surface area contributed by atoms with E-state index >= 15 is 0 Å². The summed E-state index contributed by atoms with van der Waals surface area (Å²) in [5.74, 6) is -0.297. The highest BCUT2D eigenvalue weighted by atomic mass is 16.5. The number of carbonyl (C=O) groups excluding carboxylic acids is 2. The van der Waals surface area contributed by atoms with Crippen LogP contribution in [-0.4, -0.2) is 33.2 Å². The Morgan fingerprint density at radius 1 is 1.10 bits per heavy atom. The molecule has 2 N–H and O–H groups in total. The molecule has 2 heterocycles. The Morgan fingerprint density at radius 3 is 2.70 bits per heavy atom. The largest absolute Gasteiger partial charge is 0.456 e. The third-order valence-corrected chi connectivity index (χ3v) is 4.74. The minimum atomic E-state index is -0.414. The van der Waals surface area contributed by atoms with Crippen LogP contribution in [0.2, 0.25) is 0 Å². The van der Waals surface area contributed by atoms with Gasteiger partial charge in [0.2, 0.25) is 0 Å². The molecule has 7 nitrogen and oxygen atoms in total. The molecule has 0 aliphatic heterocycles. The number of nitrogens with one attached hydrogen (secondary N) is 2. The second-order valence-corrected chi connectivity index (χ2v) is 6.99. The minimum Gasteiger partial charge on any atom is -0.456 e. The Hall–Kier alpha value is -3.87. The van der Waals surface area contributed by atoms with E-state index in [2.05, 4.69) is 15.4 Å². The summed E-state index contributed by atoms with van der Waals surface area (Å²) in [5.41, 5.74) is 3.68. The van der Waals surface area contributed by atoms with E-state index in [0.29, 0.717) is 12.2 Å². The van der Waals surface area contributed by atoms with Gasteiger partial charge in [-0.15, -0.1) is 0 Å². The zero-order valence-electron chi connectivity index (χ0n) is 16.6. The molecule has 0 radical (unpaired) electrons. The van der Waals surface area contributed by atoms with Crippen LogP contribution >= 0.6 is 0 Å². The van der Waals surface area contributed by atoms with Gasteiger partial charge >= 0.3 is 5.97 Å². The lowest BCUT2D eigenvalue weighted by Crippen LogP contribution is -2.22. The summed E-state index contributed by atoms with van der Waals surface area (Å²) >= 11 is 0. The third-order valence-electron chi connectivity index (χ3n) is 4.74. The highest BCUT2D eigenvalue weighted by Gasteiger charge is 2.13. The highest BCUT2D eigenvalue weighted by Crippen LogP contribution is 2.19. The van der Waals surface area contributed by atoms with Crippen molar-refractivity contribution in [3.8, 4) is 5.69 Å². The summed E-state index contributed by atoms with van der Waals surface area (Å²) < 4.78 is 6.79. The lowest BCUT2D eigenvalue weighted by atomic mass is 10.1. The number of aromatic nitrogens is 3. The van der Waals surface area contributed by atoms with E-state index in [-0.39, 0.29) is 13.0 Å². The van der Waals surface area contributed by atoms with Crippen molar-refractivity contribution in [1.29, 1.82) is 0 Å². The first-order chi connectivity index (χ1) is 14.6. The first kappa shape index (κ1) is 19.4. The Morgan fingerprint density at radius 2 is 1.87 bits per heavy atom. The molecule has 0 saturated carbocycles. The fourth-order valence-corrected chi connectivity index (χ4v) is 3.33.